The fraction of sp³-hybridized carbons (Fsp3) is 0.588. The fourth-order valence-corrected chi connectivity index (χ4v) is 3.13. The summed E-state index contributed by atoms with van der Waals surface area (Å²) in [5.74, 6) is 0.0566. The molecule has 1 fully saturated rings. The molecule has 1 N–H and O–H groups in total. The minimum Gasteiger partial charge on any atom is -0.507 e. The topological polar surface area (TPSA) is 40.5 Å². The number of nitrogens with zero attached hydrogens (tertiary/aromatic N) is 1. The van der Waals surface area contributed by atoms with Gasteiger partial charge in [-0.25, -0.2) is 0 Å². The van der Waals surface area contributed by atoms with Crippen molar-refractivity contribution in [3.63, 3.8) is 0 Å². The van der Waals surface area contributed by atoms with Crippen molar-refractivity contribution < 1.29 is 9.90 Å². The summed E-state index contributed by atoms with van der Waals surface area (Å²) in [4.78, 5) is 14.4. The van der Waals surface area contributed by atoms with Gasteiger partial charge in [0, 0.05) is 13.1 Å². The Morgan fingerprint density at radius 1 is 1.25 bits per heavy atom. The quantitative estimate of drug-likeness (QED) is 0.912. The molecule has 2 rings (SSSR count). The van der Waals surface area contributed by atoms with Crippen LogP contribution in [0.15, 0.2) is 18.2 Å². The summed E-state index contributed by atoms with van der Waals surface area (Å²) < 4.78 is 0. The number of rotatable bonds is 3. The third kappa shape index (κ3) is 2.82. The molecule has 0 spiro atoms. The van der Waals surface area contributed by atoms with Crippen LogP contribution in [0, 0.1) is 12.3 Å². The van der Waals surface area contributed by atoms with Gasteiger partial charge >= 0.3 is 0 Å². The Bertz CT molecular complexity index is 482. The molecule has 0 bridgehead atoms. The molecule has 0 saturated carbocycles. The molecule has 20 heavy (non-hydrogen) atoms. The zero-order valence-electron chi connectivity index (χ0n) is 12.8. The summed E-state index contributed by atoms with van der Waals surface area (Å²) in [6, 6.07) is 5.26. The minimum absolute atomic E-state index is 0.0386. The van der Waals surface area contributed by atoms with Crippen LogP contribution in [-0.2, 0) is 0 Å². The van der Waals surface area contributed by atoms with Gasteiger partial charge in [0.25, 0.3) is 5.91 Å². The Kier molecular flexibility index (Phi) is 4.36. The van der Waals surface area contributed by atoms with Crippen LogP contribution >= 0.6 is 0 Å². The molecule has 0 unspecified atom stereocenters. The van der Waals surface area contributed by atoms with Gasteiger partial charge in [-0.15, -0.1) is 0 Å². The maximum Gasteiger partial charge on any atom is 0.257 e. The Labute approximate surface area is 121 Å². The predicted octanol–water partition coefficient (Wildman–Crippen LogP) is 3.74. The lowest BCUT2D eigenvalue weighted by molar-refractivity contribution is 0.0555. The van der Waals surface area contributed by atoms with Gasteiger partial charge in [0.05, 0.1) is 5.56 Å². The number of carbonyl (C=O) groups excluding carboxylic acids is 1. The predicted molar refractivity (Wildman–Crippen MR) is 81.0 cm³/mol. The van der Waals surface area contributed by atoms with Gasteiger partial charge in [-0.1, -0.05) is 32.8 Å². The van der Waals surface area contributed by atoms with E-state index in [9.17, 15) is 9.90 Å². The first-order chi connectivity index (χ1) is 9.51. The monoisotopic (exact) mass is 275 g/mol. The van der Waals surface area contributed by atoms with E-state index in [1.54, 1.807) is 12.1 Å². The number of phenolic OH excluding ortho intramolecular Hbond substituents is 1. The number of aryl methyl sites for hydroxylation is 1. The SMILES string of the molecule is CCC1(CC)CCN(C(=O)c2ccc(C)cc2O)CC1. The van der Waals surface area contributed by atoms with Gasteiger partial charge in [0.2, 0.25) is 0 Å². The molecule has 0 atom stereocenters. The highest BCUT2D eigenvalue weighted by Gasteiger charge is 2.33. The Hall–Kier alpha value is -1.51. The number of benzene rings is 1. The third-order valence-electron chi connectivity index (χ3n) is 4.99. The Balaban J connectivity index is 2.09. The van der Waals surface area contributed by atoms with Gasteiger partial charge in [-0.2, -0.15) is 0 Å². The normalized spacial score (nSPS) is 18.1. The summed E-state index contributed by atoms with van der Waals surface area (Å²) in [6.07, 6.45) is 4.50. The first kappa shape index (κ1) is 14.9. The van der Waals surface area contributed by atoms with Crippen LogP contribution in [0.1, 0.15) is 55.5 Å². The van der Waals surface area contributed by atoms with Crippen LogP contribution < -0.4 is 0 Å². The average molecular weight is 275 g/mol. The third-order valence-corrected chi connectivity index (χ3v) is 4.99. The number of piperidine rings is 1. The van der Waals surface area contributed by atoms with Crippen molar-refractivity contribution in [1.82, 2.24) is 4.90 Å². The van der Waals surface area contributed by atoms with Gasteiger partial charge in [0.15, 0.2) is 0 Å². The summed E-state index contributed by atoms with van der Waals surface area (Å²) in [7, 11) is 0. The van der Waals surface area contributed by atoms with Crippen molar-refractivity contribution in [2.75, 3.05) is 13.1 Å². The molecule has 110 valence electrons. The van der Waals surface area contributed by atoms with E-state index in [1.165, 1.54) is 12.8 Å². The molecule has 3 nitrogen and oxygen atoms in total. The second-order valence-electron chi connectivity index (χ2n) is 6.02. The first-order valence-corrected chi connectivity index (χ1v) is 7.60. The van der Waals surface area contributed by atoms with E-state index in [0.29, 0.717) is 11.0 Å². The Morgan fingerprint density at radius 2 is 1.85 bits per heavy atom. The molecule has 0 aliphatic carbocycles. The van der Waals surface area contributed by atoms with Crippen molar-refractivity contribution in [3.8, 4) is 5.75 Å². The number of hydrogen-bond donors (Lipinski definition) is 1. The standard InChI is InChI=1S/C17H25NO2/c1-4-17(5-2)8-10-18(11-9-17)16(20)14-7-6-13(3)12-15(14)19/h6-7,12,19H,4-5,8-11H2,1-3H3. The zero-order chi connectivity index (χ0) is 14.8. The Morgan fingerprint density at radius 3 is 2.35 bits per heavy atom. The van der Waals surface area contributed by atoms with Crippen molar-refractivity contribution >= 4 is 5.91 Å². The number of likely N-dealkylation sites (tertiary alicyclic amines) is 1. The molecule has 1 aromatic carbocycles. The average Bonchev–Trinajstić information content (AvgIpc) is 2.47. The van der Waals surface area contributed by atoms with Crippen molar-refractivity contribution in [2.45, 2.75) is 46.5 Å². The summed E-state index contributed by atoms with van der Waals surface area (Å²) in [6.45, 7) is 7.99. The molecule has 1 amide bonds. The van der Waals surface area contributed by atoms with Gasteiger partial charge in [-0.05, 0) is 42.9 Å². The van der Waals surface area contributed by atoms with Gasteiger partial charge < -0.3 is 10.0 Å². The van der Waals surface area contributed by atoms with Crippen LogP contribution in [0.4, 0.5) is 0 Å². The van der Waals surface area contributed by atoms with E-state index in [0.717, 1.165) is 31.5 Å². The maximum atomic E-state index is 12.5. The number of carbonyl (C=O) groups is 1. The minimum atomic E-state index is -0.0386. The maximum absolute atomic E-state index is 12.5. The van der Waals surface area contributed by atoms with E-state index in [1.807, 2.05) is 17.9 Å². The summed E-state index contributed by atoms with van der Waals surface area (Å²) in [5, 5.41) is 9.94. The highest BCUT2D eigenvalue weighted by atomic mass is 16.3. The summed E-state index contributed by atoms with van der Waals surface area (Å²) >= 11 is 0. The first-order valence-electron chi connectivity index (χ1n) is 7.60. The second kappa shape index (κ2) is 5.86. The lowest BCUT2D eigenvalue weighted by Gasteiger charge is -2.41. The van der Waals surface area contributed by atoms with E-state index >= 15 is 0 Å². The van der Waals surface area contributed by atoms with Crippen molar-refractivity contribution in [1.29, 1.82) is 0 Å². The van der Waals surface area contributed by atoms with Crippen LogP contribution in [0.5, 0.6) is 5.75 Å². The molecular formula is C17H25NO2. The molecule has 1 aromatic rings. The van der Waals surface area contributed by atoms with Crippen LogP contribution in [0.2, 0.25) is 0 Å². The highest BCUT2D eigenvalue weighted by Crippen LogP contribution is 2.38. The van der Waals surface area contributed by atoms with E-state index in [-0.39, 0.29) is 11.7 Å². The lowest BCUT2D eigenvalue weighted by Crippen LogP contribution is -2.42. The molecule has 1 heterocycles. The fourth-order valence-electron chi connectivity index (χ4n) is 3.13. The van der Waals surface area contributed by atoms with E-state index in [2.05, 4.69) is 13.8 Å². The number of amides is 1. The molecular weight excluding hydrogens is 250 g/mol. The van der Waals surface area contributed by atoms with Crippen molar-refractivity contribution in [3.05, 3.63) is 29.3 Å². The second-order valence-corrected chi connectivity index (χ2v) is 6.02. The molecule has 1 saturated heterocycles. The molecule has 1 aliphatic heterocycles. The molecule has 0 radical (unpaired) electrons. The zero-order valence-corrected chi connectivity index (χ0v) is 12.8. The van der Waals surface area contributed by atoms with Gasteiger partial charge in [0.1, 0.15) is 5.75 Å². The summed E-state index contributed by atoms with van der Waals surface area (Å²) in [5.41, 5.74) is 1.80. The number of phenols is 1. The van der Waals surface area contributed by atoms with Crippen LogP contribution in [0.3, 0.4) is 0 Å². The van der Waals surface area contributed by atoms with Crippen molar-refractivity contribution in [2.24, 2.45) is 5.41 Å². The van der Waals surface area contributed by atoms with Crippen LogP contribution in [-0.4, -0.2) is 29.0 Å². The molecule has 1 aliphatic rings. The highest BCUT2D eigenvalue weighted by molar-refractivity contribution is 5.97. The largest absolute Gasteiger partial charge is 0.507 e. The smallest absolute Gasteiger partial charge is 0.257 e. The van der Waals surface area contributed by atoms with Crippen LogP contribution in [0.25, 0.3) is 0 Å². The number of aromatic hydroxyl groups is 1. The molecule has 0 aromatic heterocycles. The van der Waals surface area contributed by atoms with E-state index in [4.69, 9.17) is 0 Å². The van der Waals surface area contributed by atoms with E-state index < -0.39 is 0 Å². The number of hydrogen-bond acceptors (Lipinski definition) is 2. The lowest BCUT2D eigenvalue weighted by atomic mass is 9.74. The molecule has 3 heteroatoms. The van der Waals surface area contributed by atoms with Gasteiger partial charge in [-0.3, -0.25) is 4.79 Å².